The predicted molar refractivity (Wildman–Crippen MR) is 83.7 cm³/mol. The normalized spacial score (nSPS) is 14.4. The molecule has 0 saturated heterocycles. The van der Waals surface area contributed by atoms with Gasteiger partial charge in [-0.15, -0.1) is 0 Å². The summed E-state index contributed by atoms with van der Waals surface area (Å²) in [5.74, 6) is 0.862. The van der Waals surface area contributed by atoms with Gasteiger partial charge in [-0.2, -0.15) is 10.4 Å². The van der Waals surface area contributed by atoms with Crippen LogP contribution in [-0.4, -0.2) is 35.4 Å². The van der Waals surface area contributed by atoms with Gasteiger partial charge in [-0.05, 0) is 24.7 Å². The number of nitrogens with zero attached hydrogens (tertiary/aromatic N) is 4. The van der Waals surface area contributed by atoms with Crippen molar-refractivity contribution >= 4 is 0 Å². The van der Waals surface area contributed by atoms with Crippen LogP contribution in [0.15, 0.2) is 24.3 Å². The summed E-state index contributed by atoms with van der Waals surface area (Å²) in [6.45, 7) is 2.26. The van der Waals surface area contributed by atoms with Crippen molar-refractivity contribution in [2.75, 3.05) is 20.7 Å². The van der Waals surface area contributed by atoms with Crippen molar-refractivity contribution in [1.82, 2.24) is 14.7 Å². The van der Waals surface area contributed by atoms with Crippen molar-refractivity contribution in [3.8, 4) is 11.8 Å². The quantitative estimate of drug-likeness (QED) is 0.866. The number of aromatic nitrogens is 2. The standard InChI is InChI=1S/C17H20N4O/c1-20-9-7-17-15(12-20)16(19-21(17)10-8-18)11-13-3-5-14(22-2)6-4-13/h3-6H,7,9-12H2,1-2H3. The maximum atomic E-state index is 8.99. The van der Waals surface area contributed by atoms with E-state index in [-0.39, 0.29) is 0 Å². The Labute approximate surface area is 130 Å². The molecule has 0 saturated carbocycles. The average Bonchev–Trinajstić information content (AvgIpc) is 2.86. The van der Waals surface area contributed by atoms with Crippen LogP contribution in [0.2, 0.25) is 0 Å². The highest BCUT2D eigenvalue weighted by Crippen LogP contribution is 2.24. The SMILES string of the molecule is COc1ccc(Cc2nn(CC#N)c3c2CN(C)CC3)cc1. The van der Waals surface area contributed by atoms with E-state index in [0.29, 0.717) is 6.54 Å². The molecule has 1 aliphatic rings. The first kappa shape index (κ1) is 14.6. The fourth-order valence-corrected chi connectivity index (χ4v) is 2.97. The molecule has 22 heavy (non-hydrogen) atoms. The third-order valence-electron chi connectivity index (χ3n) is 4.16. The Balaban J connectivity index is 1.90. The van der Waals surface area contributed by atoms with E-state index < -0.39 is 0 Å². The molecule has 1 aromatic heterocycles. The Morgan fingerprint density at radius 2 is 2.09 bits per heavy atom. The van der Waals surface area contributed by atoms with Gasteiger partial charge in [0.25, 0.3) is 0 Å². The van der Waals surface area contributed by atoms with Crippen molar-refractivity contribution in [3.63, 3.8) is 0 Å². The minimum Gasteiger partial charge on any atom is -0.497 e. The number of hydrogen-bond donors (Lipinski definition) is 0. The van der Waals surface area contributed by atoms with E-state index in [0.717, 1.165) is 37.4 Å². The van der Waals surface area contributed by atoms with Gasteiger partial charge in [0.05, 0.1) is 18.9 Å². The molecule has 3 rings (SSSR count). The summed E-state index contributed by atoms with van der Waals surface area (Å²) < 4.78 is 7.07. The molecule has 0 N–H and O–H groups in total. The maximum absolute atomic E-state index is 8.99. The lowest BCUT2D eigenvalue weighted by Crippen LogP contribution is -2.27. The fourth-order valence-electron chi connectivity index (χ4n) is 2.97. The van der Waals surface area contributed by atoms with Gasteiger partial charge in [0.2, 0.25) is 0 Å². The largest absolute Gasteiger partial charge is 0.497 e. The number of likely N-dealkylation sites (N-methyl/N-ethyl adjacent to an activating group) is 1. The third-order valence-corrected chi connectivity index (χ3v) is 4.16. The second kappa shape index (κ2) is 6.20. The Morgan fingerprint density at radius 3 is 2.77 bits per heavy atom. The Bertz CT molecular complexity index is 697. The Kier molecular flexibility index (Phi) is 4.12. The molecular formula is C17H20N4O. The zero-order valence-electron chi connectivity index (χ0n) is 13.0. The van der Waals surface area contributed by atoms with E-state index in [1.54, 1.807) is 7.11 Å². The lowest BCUT2D eigenvalue weighted by molar-refractivity contribution is 0.307. The summed E-state index contributed by atoms with van der Waals surface area (Å²) in [6, 6.07) is 10.3. The van der Waals surface area contributed by atoms with Crippen LogP contribution in [0, 0.1) is 11.3 Å². The molecule has 0 radical (unpaired) electrons. The first-order valence-corrected chi connectivity index (χ1v) is 7.47. The molecule has 0 bridgehead atoms. The lowest BCUT2D eigenvalue weighted by Gasteiger charge is -2.23. The highest BCUT2D eigenvalue weighted by Gasteiger charge is 2.23. The van der Waals surface area contributed by atoms with Crippen LogP contribution in [0.25, 0.3) is 0 Å². The summed E-state index contributed by atoms with van der Waals surface area (Å²) in [5.41, 5.74) is 4.81. The van der Waals surface area contributed by atoms with Crippen LogP contribution in [0.3, 0.4) is 0 Å². The monoisotopic (exact) mass is 296 g/mol. The second-order valence-corrected chi connectivity index (χ2v) is 5.70. The lowest BCUT2D eigenvalue weighted by atomic mass is 10.0. The average molecular weight is 296 g/mol. The first-order valence-electron chi connectivity index (χ1n) is 7.47. The van der Waals surface area contributed by atoms with Crippen LogP contribution in [0.1, 0.15) is 22.5 Å². The molecule has 5 nitrogen and oxygen atoms in total. The summed E-state index contributed by atoms with van der Waals surface area (Å²) in [6.07, 6.45) is 1.75. The zero-order chi connectivity index (χ0) is 15.5. The Hall–Kier alpha value is -2.32. The van der Waals surface area contributed by atoms with Crippen LogP contribution < -0.4 is 4.74 Å². The number of benzene rings is 1. The molecule has 0 spiro atoms. The molecule has 2 aromatic rings. The maximum Gasteiger partial charge on any atom is 0.128 e. The van der Waals surface area contributed by atoms with Gasteiger partial charge in [-0.25, -0.2) is 0 Å². The third kappa shape index (κ3) is 2.83. The summed E-state index contributed by atoms with van der Waals surface area (Å²) in [4.78, 5) is 2.30. The van der Waals surface area contributed by atoms with E-state index in [9.17, 15) is 0 Å². The van der Waals surface area contributed by atoms with Gasteiger partial charge in [-0.1, -0.05) is 12.1 Å². The van der Waals surface area contributed by atoms with Crippen molar-refractivity contribution in [3.05, 3.63) is 46.8 Å². The number of methoxy groups -OCH3 is 1. The van der Waals surface area contributed by atoms with E-state index >= 15 is 0 Å². The van der Waals surface area contributed by atoms with E-state index in [2.05, 4.69) is 30.1 Å². The van der Waals surface area contributed by atoms with Crippen LogP contribution in [0.4, 0.5) is 0 Å². The second-order valence-electron chi connectivity index (χ2n) is 5.70. The molecule has 0 aliphatic carbocycles. The highest BCUT2D eigenvalue weighted by atomic mass is 16.5. The summed E-state index contributed by atoms with van der Waals surface area (Å²) in [7, 11) is 3.80. The van der Waals surface area contributed by atoms with Crippen LogP contribution in [0.5, 0.6) is 5.75 Å². The molecule has 1 aliphatic heterocycles. The van der Waals surface area contributed by atoms with Crippen molar-refractivity contribution in [2.45, 2.75) is 25.9 Å². The van der Waals surface area contributed by atoms with Crippen LogP contribution in [-0.2, 0) is 25.9 Å². The van der Waals surface area contributed by atoms with E-state index in [1.807, 2.05) is 16.8 Å². The van der Waals surface area contributed by atoms with Crippen molar-refractivity contribution in [2.24, 2.45) is 0 Å². The molecule has 2 heterocycles. The number of nitriles is 1. The molecule has 0 amide bonds. The molecule has 0 fully saturated rings. The number of fused-ring (bicyclic) bond motifs is 1. The van der Waals surface area contributed by atoms with Crippen molar-refractivity contribution < 1.29 is 4.74 Å². The fraction of sp³-hybridized carbons (Fsp3) is 0.412. The van der Waals surface area contributed by atoms with Gasteiger partial charge < -0.3 is 9.64 Å². The van der Waals surface area contributed by atoms with Gasteiger partial charge in [0.1, 0.15) is 12.3 Å². The number of hydrogen-bond acceptors (Lipinski definition) is 4. The smallest absolute Gasteiger partial charge is 0.128 e. The van der Waals surface area contributed by atoms with Gasteiger partial charge >= 0.3 is 0 Å². The summed E-state index contributed by atoms with van der Waals surface area (Å²) in [5, 5.41) is 13.7. The summed E-state index contributed by atoms with van der Waals surface area (Å²) >= 11 is 0. The first-order chi connectivity index (χ1) is 10.7. The minimum absolute atomic E-state index is 0.328. The molecule has 0 unspecified atom stereocenters. The molecular weight excluding hydrogens is 276 g/mol. The van der Waals surface area contributed by atoms with Crippen molar-refractivity contribution in [1.29, 1.82) is 5.26 Å². The molecule has 0 atom stereocenters. The highest BCUT2D eigenvalue weighted by molar-refractivity contribution is 5.35. The predicted octanol–water partition coefficient (Wildman–Crippen LogP) is 1.99. The number of rotatable bonds is 4. The van der Waals surface area contributed by atoms with Gasteiger partial charge in [0.15, 0.2) is 0 Å². The van der Waals surface area contributed by atoms with Crippen LogP contribution >= 0.6 is 0 Å². The molecule has 5 heteroatoms. The van der Waals surface area contributed by atoms with Gasteiger partial charge in [-0.3, -0.25) is 4.68 Å². The zero-order valence-corrected chi connectivity index (χ0v) is 13.0. The number of ether oxygens (including phenoxy) is 1. The Morgan fingerprint density at radius 1 is 1.32 bits per heavy atom. The minimum atomic E-state index is 0.328. The van der Waals surface area contributed by atoms with Gasteiger partial charge in [0, 0.05) is 37.2 Å². The van der Waals surface area contributed by atoms with E-state index in [1.165, 1.54) is 16.8 Å². The van der Waals surface area contributed by atoms with E-state index in [4.69, 9.17) is 15.1 Å². The molecule has 114 valence electrons. The topological polar surface area (TPSA) is 54.1 Å². The molecule has 1 aromatic carbocycles.